The molecule has 0 atom stereocenters. The molecule has 0 unspecified atom stereocenters. The molecule has 2 N–H and O–H groups in total. The van der Waals surface area contributed by atoms with Gasteiger partial charge in [0.1, 0.15) is 0 Å². The van der Waals surface area contributed by atoms with Gasteiger partial charge >= 0.3 is 0 Å². The highest BCUT2D eigenvalue weighted by Gasteiger charge is 2.09. The highest BCUT2D eigenvalue weighted by Crippen LogP contribution is 2.10. The molecule has 0 aliphatic carbocycles. The summed E-state index contributed by atoms with van der Waals surface area (Å²) >= 11 is 0. The summed E-state index contributed by atoms with van der Waals surface area (Å²) in [5, 5.41) is 12.6. The zero-order valence-corrected chi connectivity index (χ0v) is 11.1. The Morgan fingerprint density at radius 3 is 2.68 bits per heavy atom. The molecule has 1 heterocycles. The van der Waals surface area contributed by atoms with Crippen molar-refractivity contribution in [3.8, 4) is 0 Å². The number of aromatic nitrogens is 3. The first-order valence-electron chi connectivity index (χ1n) is 6.02. The predicted octanol–water partition coefficient (Wildman–Crippen LogP) is 0.796. The van der Waals surface area contributed by atoms with E-state index in [9.17, 15) is 4.79 Å². The normalized spacial score (nSPS) is 10.7. The van der Waals surface area contributed by atoms with Crippen molar-refractivity contribution in [1.29, 1.82) is 0 Å². The number of carbonyl (C=O) groups is 1. The maximum absolute atomic E-state index is 11.8. The first kappa shape index (κ1) is 13.2. The van der Waals surface area contributed by atoms with Gasteiger partial charge in [-0.05, 0) is 25.2 Å². The van der Waals surface area contributed by atoms with Crippen LogP contribution in [0.5, 0.6) is 0 Å². The quantitative estimate of drug-likeness (QED) is 0.833. The Labute approximate surface area is 111 Å². The molecule has 0 saturated carbocycles. The van der Waals surface area contributed by atoms with Crippen LogP contribution in [0, 0.1) is 0 Å². The topological polar surface area (TPSA) is 73.9 Å². The van der Waals surface area contributed by atoms with Crippen molar-refractivity contribution < 1.29 is 4.79 Å². The van der Waals surface area contributed by atoms with Gasteiger partial charge in [0.05, 0.1) is 6.20 Å². The van der Waals surface area contributed by atoms with Gasteiger partial charge in [0.2, 0.25) is 0 Å². The Kier molecular flexibility index (Phi) is 4.25. The van der Waals surface area contributed by atoms with Crippen LogP contribution in [0.4, 0.5) is 0 Å². The molecule has 6 nitrogen and oxygen atoms in total. The molecule has 1 amide bonds. The fourth-order valence-corrected chi connectivity index (χ4v) is 1.80. The molecular formula is C13H17N5O. The molecule has 0 aliphatic rings. The Morgan fingerprint density at radius 2 is 2.05 bits per heavy atom. The monoisotopic (exact) mass is 259 g/mol. The highest BCUT2D eigenvalue weighted by molar-refractivity contribution is 5.91. The van der Waals surface area contributed by atoms with Crippen LogP contribution in [0.2, 0.25) is 0 Å². The van der Waals surface area contributed by atoms with Gasteiger partial charge in [-0.1, -0.05) is 24.3 Å². The summed E-state index contributed by atoms with van der Waals surface area (Å²) in [6.45, 7) is 1.33. The number of carbonyl (C=O) groups excluding carboxylic acids is 1. The molecule has 100 valence electrons. The van der Waals surface area contributed by atoms with Crippen molar-refractivity contribution >= 4 is 5.91 Å². The molecule has 1 aromatic heterocycles. The third-order valence-electron chi connectivity index (χ3n) is 2.69. The third-order valence-corrected chi connectivity index (χ3v) is 2.69. The number of hydrogen-bond donors (Lipinski definition) is 2. The number of amides is 1. The molecule has 1 aromatic carbocycles. The summed E-state index contributed by atoms with van der Waals surface area (Å²) in [5.41, 5.74) is 2.60. The summed E-state index contributed by atoms with van der Waals surface area (Å²) in [4.78, 5) is 13.9. The minimum absolute atomic E-state index is 0.228. The first-order valence-corrected chi connectivity index (χ1v) is 6.02. The van der Waals surface area contributed by atoms with Crippen LogP contribution in [0.25, 0.3) is 0 Å². The second-order valence-corrected chi connectivity index (χ2v) is 4.54. The Morgan fingerprint density at radius 1 is 1.32 bits per heavy atom. The molecule has 0 radical (unpaired) electrons. The Hall–Kier alpha value is -2.21. The van der Waals surface area contributed by atoms with Gasteiger partial charge in [0.15, 0.2) is 5.69 Å². The van der Waals surface area contributed by atoms with Gasteiger partial charge < -0.3 is 10.2 Å². The molecule has 6 heteroatoms. The Bertz CT molecular complexity index is 536. The second kappa shape index (κ2) is 6.10. The lowest BCUT2D eigenvalue weighted by molar-refractivity contribution is 0.0945. The fraction of sp³-hybridized carbons (Fsp3) is 0.308. The molecule has 0 saturated heterocycles. The smallest absolute Gasteiger partial charge is 0.273 e. The number of nitrogens with zero attached hydrogens (tertiary/aromatic N) is 3. The maximum atomic E-state index is 11.8. The zero-order valence-electron chi connectivity index (χ0n) is 11.1. The van der Waals surface area contributed by atoms with Crippen molar-refractivity contribution in [2.75, 3.05) is 14.1 Å². The number of rotatable bonds is 5. The number of aromatic amines is 1. The molecular weight excluding hydrogens is 242 g/mol. The van der Waals surface area contributed by atoms with Crippen LogP contribution in [-0.2, 0) is 13.1 Å². The van der Waals surface area contributed by atoms with Crippen molar-refractivity contribution in [3.63, 3.8) is 0 Å². The van der Waals surface area contributed by atoms with Gasteiger partial charge in [0, 0.05) is 13.1 Å². The first-order chi connectivity index (χ1) is 9.16. The van der Waals surface area contributed by atoms with E-state index >= 15 is 0 Å². The molecule has 19 heavy (non-hydrogen) atoms. The van der Waals surface area contributed by atoms with E-state index < -0.39 is 0 Å². The molecule has 0 fully saturated rings. The average molecular weight is 259 g/mol. The minimum Gasteiger partial charge on any atom is -0.347 e. The van der Waals surface area contributed by atoms with Crippen LogP contribution in [0.1, 0.15) is 21.6 Å². The van der Waals surface area contributed by atoms with Gasteiger partial charge in [-0.15, -0.1) is 0 Å². The van der Waals surface area contributed by atoms with E-state index in [0.717, 1.165) is 12.1 Å². The van der Waals surface area contributed by atoms with E-state index in [4.69, 9.17) is 0 Å². The maximum Gasteiger partial charge on any atom is 0.273 e. The lowest BCUT2D eigenvalue weighted by Gasteiger charge is -2.14. The lowest BCUT2D eigenvalue weighted by atomic mass is 10.1. The predicted molar refractivity (Wildman–Crippen MR) is 71.4 cm³/mol. The number of H-pyrrole nitrogens is 1. The highest BCUT2D eigenvalue weighted by atomic mass is 16.1. The van der Waals surface area contributed by atoms with Crippen molar-refractivity contribution in [2.45, 2.75) is 13.1 Å². The number of nitrogens with one attached hydrogen (secondary N) is 2. The summed E-state index contributed by atoms with van der Waals surface area (Å²) in [7, 11) is 4.04. The number of hydrogen-bond acceptors (Lipinski definition) is 4. The van der Waals surface area contributed by atoms with Gasteiger partial charge in [-0.2, -0.15) is 15.4 Å². The van der Waals surface area contributed by atoms with Gasteiger partial charge in [0.25, 0.3) is 5.91 Å². The van der Waals surface area contributed by atoms with E-state index in [2.05, 4.69) is 31.7 Å². The average Bonchev–Trinajstić information content (AvgIpc) is 2.90. The van der Waals surface area contributed by atoms with Crippen molar-refractivity contribution in [2.24, 2.45) is 0 Å². The SMILES string of the molecule is CN(C)Cc1ccccc1CNC(=O)c1cn[nH]n1. The van der Waals surface area contributed by atoms with Crippen LogP contribution in [-0.4, -0.2) is 40.3 Å². The lowest BCUT2D eigenvalue weighted by Crippen LogP contribution is -2.24. The standard InChI is InChI=1S/C13H17N5O/c1-18(2)9-11-6-4-3-5-10(11)7-14-13(19)12-8-15-17-16-12/h3-6,8H,7,9H2,1-2H3,(H,14,19)(H,15,16,17). The van der Waals surface area contributed by atoms with E-state index in [-0.39, 0.29) is 5.91 Å². The summed E-state index contributed by atoms with van der Waals surface area (Å²) in [6.07, 6.45) is 1.40. The second-order valence-electron chi connectivity index (χ2n) is 4.54. The van der Waals surface area contributed by atoms with E-state index in [0.29, 0.717) is 12.2 Å². The van der Waals surface area contributed by atoms with Crippen LogP contribution >= 0.6 is 0 Å². The fourth-order valence-electron chi connectivity index (χ4n) is 1.80. The van der Waals surface area contributed by atoms with Crippen LogP contribution in [0.15, 0.2) is 30.5 Å². The van der Waals surface area contributed by atoms with Crippen molar-refractivity contribution in [1.82, 2.24) is 25.6 Å². The van der Waals surface area contributed by atoms with Crippen LogP contribution < -0.4 is 5.32 Å². The molecule has 0 aliphatic heterocycles. The molecule has 0 spiro atoms. The summed E-state index contributed by atoms with van der Waals surface area (Å²) in [5.74, 6) is -0.228. The third kappa shape index (κ3) is 3.62. The van der Waals surface area contributed by atoms with Crippen LogP contribution in [0.3, 0.4) is 0 Å². The van der Waals surface area contributed by atoms with Gasteiger partial charge in [-0.25, -0.2) is 0 Å². The van der Waals surface area contributed by atoms with E-state index in [1.54, 1.807) is 0 Å². The number of benzene rings is 1. The molecule has 2 rings (SSSR count). The Balaban J connectivity index is 2.01. The van der Waals surface area contributed by atoms with Crippen molar-refractivity contribution in [3.05, 3.63) is 47.3 Å². The van der Waals surface area contributed by atoms with E-state index in [1.807, 2.05) is 32.3 Å². The minimum atomic E-state index is -0.228. The van der Waals surface area contributed by atoms with E-state index in [1.165, 1.54) is 11.8 Å². The summed E-state index contributed by atoms with van der Waals surface area (Å²) < 4.78 is 0. The molecule has 2 aromatic rings. The molecule has 0 bridgehead atoms. The van der Waals surface area contributed by atoms with Gasteiger partial charge in [-0.3, -0.25) is 4.79 Å². The largest absolute Gasteiger partial charge is 0.347 e. The summed E-state index contributed by atoms with van der Waals surface area (Å²) in [6, 6.07) is 8.05. The zero-order chi connectivity index (χ0) is 13.7.